The van der Waals surface area contributed by atoms with Crippen LogP contribution in [0, 0.1) is 5.41 Å². The average molecular weight is 243 g/mol. The predicted molar refractivity (Wildman–Crippen MR) is 71.0 cm³/mol. The minimum absolute atomic E-state index is 0.00830. The van der Waals surface area contributed by atoms with Gasteiger partial charge < -0.3 is 15.5 Å². The molecule has 0 saturated heterocycles. The molecule has 0 aromatic rings. The van der Waals surface area contributed by atoms with E-state index in [0.717, 1.165) is 32.2 Å². The van der Waals surface area contributed by atoms with Crippen LogP contribution >= 0.6 is 0 Å². The molecule has 1 saturated carbocycles. The molecule has 1 atom stereocenters. The molecule has 1 aliphatic carbocycles. The van der Waals surface area contributed by atoms with E-state index in [1.54, 1.807) is 0 Å². The summed E-state index contributed by atoms with van der Waals surface area (Å²) >= 11 is 0. The van der Waals surface area contributed by atoms with Gasteiger partial charge in [0.1, 0.15) is 0 Å². The number of rotatable bonds is 7. The molecule has 17 heavy (non-hydrogen) atoms. The third kappa shape index (κ3) is 4.23. The standard InChI is InChI=1S/C14H29NO2/c1-3-13(2,9-10-16)15-11-14(12-17)7-5-4-6-8-14/h15-17H,3-12H2,1-2H3. The molecule has 3 heteroatoms. The maximum absolute atomic E-state index is 9.65. The lowest BCUT2D eigenvalue weighted by atomic mass is 9.74. The van der Waals surface area contributed by atoms with Crippen LogP contribution in [0.4, 0.5) is 0 Å². The van der Waals surface area contributed by atoms with Crippen LogP contribution in [-0.2, 0) is 0 Å². The van der Waals surface area contributed by atoms with Gasteiger partial charge in [0.25, 0.3) is 0 Å². The Hall–Kier alpha value is -0.120. The normalized spacial score (nSPS) is 23.3. The van der Waals surface area contributed by atoms with Gasteiger partial charge >= 0.3 is 0 Å². The Morgan fingerprint density at radius 1 is 1.18 bits per heavy atom. The Kier molecular flexibility index (Phi) is 5.90. The molecule has 3 nitrogen and oxygen atoms in total. The highest BCUT2D eigenvalue weighted by Crippen LogP contribution is 2.35. The molecule has 3 N–H and O–H groups in total. The van der Waals surface area contributed by atoms with Crippen molar-refractivity contribution in [2.24, 2.45) is 5.41 Å². The fourth-order valence-electron chi connectivity index (χ4n) is 2.73. The fourth-order valence-corrected chi connectivity index (χ4v) is 2.73. The summed E-state index contributed by atoms with van der Waals surface area (Å²) in [4.78, 5) is 0. The van der Waals surface area contributed by atoms with Crippen LogP contribution in [0.5, 0.6) is 0 Å². The van der Waals surface area contributed by atoms with Gasteiger partial charge in [-0.3, -0.25) is 0 Å². The number of hydrogen-bond donors (Lipinski definition) is 3. The quantitative estimate of drug-likeness (QED) is 0.641. The highest BCUT2D eigenvalue weighted by molar-refractivity contribution is 4.89. The van der Waals surface area contributed by atoms with Gasteiger partial charge in [-0.15, -0.1) is 0 Å². The number of hydrogen-bond acceptors (Lipinski definition) is 3. The van der Waals surface area contributed by atoms with E-state index in [-0.39, 0.29) is 17.6 Å². The van der Waals surface area contributed by atoms with E-state index in [9.17, 15) is 5.11 Å². The zero-order valence-corrected chi connectivity index (χ0v) is 11.5. The summed E-state index contributed by atoms with van der Waals surface area (Å²) in [6.07, 6.45) is 7.85. The number of aliphatic hydroxyl groups is 2. The maximum Gasteiger partial charge on any atom is 0.0499 e. The van der Waals surface area contributed by atoms with Crippen molar-refractivity contribution in [3.8, 4) is 0 Å². The molecule has 0 spiro atoms. The lowest BCUT2D eigenvalue weighted by Gasteiger charge is -2.40. The third-order valence-corrected chi connectivity index (χ3v) is 4.58. The second kappa shape index (κ2) is 6.72. The van der Waals surface area contributed by atoms with Gasteiger partial charge in [-0.25, -0.2) is 0 Å². The smallest absolute Gasteiger partial charge is 0.0499 e. The molecule has 1 rings (SSSR count). The van der Waals surface area contributed by atoms with Crippen LogP contribution in [0.3, 0.4) is 0 Å². The van der Waals surface area contributed by atoms with E-state index >= 15 is 0 Å². The van der Waals surface area contributed by atoms with Crippen molar-refractivity contribution in [2.45, 2.75) is 64.3 Å². The van der Waals surface area contributed by atoms with Gasteiger partial charge in [0.2, 0.25) is 0 Å². The second-order valence-corrected chi connectivity index (χ2v) is 5.96. The second-order valence-electron chi connectivity index (χ2n) is 5.96. The monoisotopic (exact) mass is 243 g/mol. The Labute approximate surface area is 106 Å². The number of nitrogens with one attached hydrogen (secondary N) is 1. The first-order chi connectivity index (χ1) is 8.10. The SMILES string of the molecule is CCC(C)(CCO)NCC1(CO)CCCCC1. The first-order valence-corrected chi connectivity index (χ1v) is 7.06. The summed E-state index contributed by atoms with van der Waals surface area (Å²) in [6, 6.07) is 0. The first kappa shape index (κ1) is 14.9. The van der Waals surface area contributed by atoms with Crippen molar-refractivity contribution in [3.05, 3.63) is 0 Å². The summed E-state index contributed by atoms with van der Waals surface area (Å²) in [6.45, 7) is 5.71. The van der Waals surface area contributed by atoms with Crippen LogP contribution in [0.15, 0.2) is 0 Å². The van der Waals surface area contributed by atoms with E-state index < -0.39 is 0 Å². The van der Waals surface area contributed by atoms with Gasteiger partial charge in [0, 0.05) is 30.7 Å². The highest BCUT2D eigenvalue weighted by Gasteiger charge is 2.33. The van der Waals surface area contributed by atoms with Crippen molar-refractivity contribution in [2.75, 3.05) is 19.8 Å². The first-order valence-electron chi connectivity index (χ1n) is 7.06. The van der Waals surface area contributed by atoms with Crippen LogP contribution in [0.1, 0.15) is 58.8 Å². The molecular weight excluding hydrogens is 214 g/mol. The van der Waals surface area contributed by atoms with Gasteiger partial charge in [-0.1, -0.05) is 26.2 Å². The molecule has 0 radical (unpaired) electrons. The summed E-state index contributed by atoms with van der Waals surface area (Å²) in [5.74, 6) is 0. The van der Waals surface area contributed by atoms with E-state index in [1.165, 1.54) is 19.3 Å². The van der Waals surface area contributed by atoms with Crippen molar-refractivity contribution in [1.29, 1.82) is 0 Å². The number of aliphatic hydroxyl groups excluding tert-OH is 2. The molecule has 0 aromatic carbocycles. The summed E-state index contributed by atoms with van der Waals surface area (Å²) < 4.78 is 0. The molecule has 1 fully saturated rings. The van der Waals surface area contributed by atoms with Gasteiger partial charge in [0.05, 0.1) is 0 Å². The molecule has 1 unspecified atom stereocenters. The van der Waals surface area contributed by atoms with Crippen LogP contribution in [0.2, 0.25) is 0 Å². The van der Waals surface area contributed by atoms with E-state index in [0.29, 0.717) is 6.61 Å². The molecule has 0 aliphatic heterocycles. The Morgan fingerprint density at radius 3 is 2.29 bits per heavy atom. The molecule has 0 bridgehead atoms. The Balaban J connectivity index is 2.50. The Morgan fingerprint density at radius 2 is 1.82 bits per heavy atom. The zero-order chi connectivity index (χ0) is 12.8. The minimum atomic E-state index is 0.00830. The fraction of sp³-hybridized carbons (Fsp3) is 1.00. The summed E-state index contributed by atoms with van der Waals surface area (Å²) in [5.41, 5.74) is 0.0957. The van der Waals surface area contributed by atoms with Crippen molar-refractivity contribution in [1.82, 2.24) is 5.32 Å². The lowest BCUT2D eigenvalue weighted by molar-refractivity contribution is 0.0688. The van der Waals surface area contributed by atoms with Crippen LogP contribution < -0.4 is 5.32 Å². The average Bonchev–Trinajstić information content (AvgIpc) is 2.38. The van der Waals surface area contributed by atoms with Crippen molar-refractivity contribution < 1.29 is 10.2 Å². The van der Waals surface area contributed by atoms with Gasteiger partial charge in [-0.05, 0) is 32.6 Å². The van der Waals surface area contributed by atoms with E-state index in [4.69, 9.17) is 5.11 Å². The topological polar surface area (TPSA) is 52.5 Å². The summed E-state index contributed by atoms with van der Waals surface area (Å²) in [7, 11) is 0. The van der Waals surface area contributed by atoms with Gasteiger partial charge in [0.15, 0.2) is 0 Å². The molecule has 102 valence electrons. The molecule has 0 aromatic heterocycles. The minimum Gasteiger partial charge on any atom is -0.396 e. The molecule has 0 heterocycles. The molecular formula is C14H29NO2. The Bertz CT molecular complexity index is 214. The third-order valence-electron chi connectivity index (χ3n) is 4.58. The molecule has 1 aliphatic rings. The zero-order valence-electron chi connectivity index (χ0n) is 11.5. The maximum atomic E-state index is 9.65. The van der Waals surface area contributed by atoms with Crippen LogP contribution in [0.25, 0.3) is 0 Å². The van der Waals surface area contributed by atoms with Crippen molar-refractivity contribution in [3.63, 3.8) is 0 Å². The largest absolute Gasteiger partial charge is 0.396 e. The lowest BCUT2D eigenvalue weighted by Crippen LogP contribution is -2.49. The van der Waals surface area contributed by atoms with E-state index in [1.807, 2.05) is 0 Å². The summed E-state index contributed by atoms with van der Waals surface area (Å²) in [5, 5.41) is 22.3. The van der Waals surface area contributed by atoms with Crippen LogP contribution in [-0.4, -0.2) is 35.5 Å². The predicted octanol–water partition coefficient (Wildman–Crippen LogP) is 2.07. The van der Waals surface area contributed by atoms with Crippen molar-refractivity contribution >= 4 is 0 Å². The van der Waals surface area contributed by atoms with Gasteiger partial charge in [-0.2, -0.15) is 0 Å². The molecule has 0 amide bonds. The highest BCUT2D eigenvalue weighted by atomic mass is 16.3. The van der Waals surface area contributed by atoms with E-state index in [2.05, 4.69) is 19.2 Å².